The normalized spacial score (nSPS) is 7.79. The number of hydrogen-bond acceptors (Lipinski definition) is 3. The highest BCUT2D eigenvalue weighted by Gasteiger charge is 1.75. The average molecular weight is 319 g/mol. The summed E-state index contributed by atoms with van der Waals surface area (Å²) in [6.07, 6.45) is 8.30. The molecule has 0 spiro atoms. The van der Waals surface area contributed by atoms with Gasteiger partial charge in [0.1, 0.15) is 4.60 Å². The Labute approximate surface area is 102 Å². The third kappa shape index (κ3) is 6.68. The van der Waals surface area contributed by atoms with E-state index in [-0.39, 0.29) is 17.0 Å². The van der Waals surface area contributed by atoms with E-state index in [0.717, 1.165) is 4.60 Å². The third-order valence-corrected chi connectivity index (χ3v) is 1.58. The molecule has 0 aliphatic carbocycles. The van der Waals surface area contributed by atoms with Crippen molar-refractivity contribution in [3.05, 3.63) is 53.8 Å². The lowest BCUT2D eigenvalue weighted by Crippen LogP contribution is -1.66. The van der Waals surface area contributed by atoms with Crippen molar-refractivity contribution in [3.63, 3.8) is 0 Å². The first-order chi connectivity index (χ1) is 6.39. The topological polar surface area (TPSA) is 38.7 Å². The van der Waals surface area contributed by atoms with Crippen molar-refractivity contribution >= 4 is 32.9 Å². The molecule has 0 bridgehead atoms. The minimum absolute atomic E-state index is 0. The maximum absolute atomic E-state index is 3.90. The lowest BCUT2D eigenvalue weighted by Gasteiger charge is -1.80. The summed E-state index contributed by atoms with van der Waals surface area (Å²) >= 11 is 3.20. The van der Waals surface area contributed by atoms with Gasteiger partial charge >= 0.3 is 0 Å². The van der Waals surface area contributed by atoms with Crippen LogP contribution < -0.4 is 0 Å². The van der Waals surface area contributed by atoms with Crippen molar-refractivity contribution < 1.29 is 0 Å². The standard InChI is InChI=1S/C5H4BrN.C4H4N2.BrH/c6-5-3-1-2-4-7-5;1-2-6-4-3-5-1;/h1-4H;1-4H;1H. The van der Waals surface area contributed by atoms with Crippen LogP contribution in [0.2, 0.25) is 0 Å². The quantitative estimate of drug-likeness (QED) is 0.701. The summed E-state index contributed by atoms with van der Waals surface area (Å²) in [5.41, 5.74) is 0. The molecule has 0 aliphatic rings. The van der Waals surface area contributed by atoms with E-state index in [4.69, 9.17) is 0 Å². The largest absolute Gasteiger partial charge is 0.262 e. The predicted octanol–water partition coefficient (Wildman–Crippen LogP) is 2.90. The Hall–Kier alpha value is -0.810. The number of hydrogen-bond donors (Lipinski definition) is 0. The van der Waals surface area contributed by atoms with Gasteiger partial charge in [0.25, 0.3) is 0 Å². The highest BCUT2D eigenvalue weighted by Crippen LogP contribution is 2.00. The first-order valence-electron chi connectivity index (χ1n) is 3.66. The van der Waals surface area contributed by atoms with Gasteiger partial charge in [0.05, 0.1) is 0 Å². The molecule has 2 aromatic heterocycles. The summed E-state index contributed by atoms with van der Waals surface area (Å²) in [5, 5.41) is 0. The monoisotopic (exact) mass is 317 g/mol. The van der Waals surface area contributed by atoms with Crippen LogP contribution in [0, 0.1) is 0 Å². The molecule has 0 radical (unpaired) electrons. The van der Waals surface area contributed by atoms with Crippen LogP contribution in [0.4, 0.5) is 0 Å². The number of halogens is 2. The van der Waals surface area contributed by atoms with Crippen molar-refractivity contribution in [2.45, 2.75) is 0 Å². The van der Waals surface area contributed by atoms with Crippen molar-refractivity contribution in [1.29, 1.82) is 0 Å². The van der Waals surface area contributed by atoms with Crippen LogP contribution in [0.25, 0.3) is 0 Å². The van der Waals surface area contributed by atoms with Crippen LogP contribution in [0.5, 0.6) is 0 Å². The Morgan fingerprint density at radius 3 is 1.64 bits per heavy atom. The highest BCUT2D eigenvalue weighted by molar-refractivity contribution is 9.10. The fourth-order valence-electron chi connectivity index (χ4n) is 0.595. The Kier molecular flexibility index (Phi) is 8.27. The second-order valence-corrected chi connectivity index (χ2v) is 2.86. The summed E-state index contributed by atoms with van der Waals surface area (Å²) in [7, 11) is 0. The Bertz CT molecular complexity index is 289. The van der Waals surface area contributed by atoms with E-state index < -0.39 is 0 Å². The second-order valence-electron chi connectivity index (χ2n) is 2.05. The molecule has 0 aliphatic heterocycles. The predicted molar refractivity (Wildman–Crippen MR) is 64.3 cm³/mol. The van der Waals surface area contributed by atoms with Gasteiger partial charge in [-0.2, -0.15) is 0 Å². The zero-order valence-corrected chi connectivity index (χ0v) is 10.5. The van der Waals surface area contributed by atoms with Gasteiger partial charge in [-0.1, -0.05) is 6.07 Å². The minimum atomic E-state index is 0. The van der Waals surface area contributed by atoms with Gasteiger partial charge in [0.15, 0.2) is 0 Å². The number of aromatic nitrogens is 3. The first kappa shape index (κ1) is 13.2. The summed E-state index contributed by atoms with van der Waals surface area (Å²) in [6, 6.07) is 5.70. The Morgan fingerprint density at radius 2 is 1.43 bits per heavy atom. The van der Waals surface area contributed by atoms with Crippen LogP contribution in [0.1, 0.15) is 0 Å². The average Bonchev–Trinajstić information content (AvgIpc) is 2.22. The van der Waals surface area contributed by atoms with Crippen LogP contribution in [0.15, 0.2) is 53.8 Å². The van der Waals surface area contributed by atoms with Crippen molar-refractivity contribution in [2.24, 2.45) is 0 Å². The zero-order chi connectivity index (χ0) is 9.36. The molecule has 0 amide bonds. The van der Waals surface area contributed by atoms with Gasteiger partial charge in [0.2, 0.25) is 0 Å². The number of rotatable bonds is 0. The first-order valence-corrected chi connectivity index (χ1v) is 4.45. The van der Waals surface area contributed by atoms with Crippen molar-refractivity contribution in [2.75, 3.05) is 0 Å². The fraction of sp³-hybridized carbons (Fsp3) is 0. The SMILES string of the molecule is Br.Brc1ccccn1.c1cnccn1. The van der Waals surface area contributed by atoms with Crippen LogP contribution in [0.3, 0.4) is 0 Å². The number of nitrogens with zero attached hydrogens (tertiary/aromatic N) is 3. The summed E-state index contributed by atoms with van der Waals surface area (Å²) < 4.78 is 0.884. The molecular weight excluding hydrogens is 310 g/mol. The molecular formula is C9H9Br2N3. The molecule has 3 nitrogen and oxygen atoms in total. The van der Waals surface area contributed by atoms with Gasteiger partial charge in [-0.05, 0) is 28.1 Å². The molecule has 2 rings (SSSR count). The maximum atomic E-state index is 3.90. The fourth-order valence-corrected chi connectivity index (χ4v) is 0.866. The molecule has 0 fully saturated rings. The molecule has 0 saturated carbocycles. The molecule has 2 heterocycles. The van der Waals surface area contributed by atoms with Gasteiger partial charge in [-0.15, -0.1) is 17.0 Å². The van der Waals surface area contributed by atoms with E-state index in [1.54, 1.807) is 31.0 Å². The van der Waals surface area contributed by atoms with Crippen LogP contribution in [-0.2, 0) is 0 Å². The van der Waals surface area contributed by atoms with E-state index in [1.165, 1.54) is 0 Å². The summed E-state index contributed by atoms with van der Waals surface area (Å²) in [6.45, 7) is 0. The van der Waals surface area contributed by atoms with Crippen LogP contribution >= 0.6 is 32.9 Å². The lowest BCUT2D eigenvalue weighted by molar-refractivity contribution is 1.20. The van der Waals surface area contributed by atoms with Gasteiger partial charge in [0, 0.05) is 31.0 Å². The highest BCUT2D eigenvalue weighted by atomic mass is 79.9. The van der Waals surface area contributed by atoms with Gasteiger partial charge in [-0.25, -0.2) is 4.98 Å². The Balaban J connectivity index is 0.000000227. The zero-order valence-electron chi connectivity index (χ0n) is 7.25. The second kappa shape index (κ2) is 8.77. The molecule has 0 saturated heterocycles. The van der Waals surface area contributed by atoms with Crippen molar-refractivity contribution in [3.8, 4) is 0 Å². The Morgan fingerprint density at radius 1 is 0.857 bits per heavy atom. The molecule has 2 aromatic rings. The molecule has 0 aromatic carbocycles. The van der Waals surface area contributed by atoms with E-state index in [9.17, 15) is 0 Å². The summed E-state index contributed by atoms with van der Waals surface area (Å²) in [5.74, 6) is 0. The summed E-state index contributed by atoms with van der Waals surface area (Å²) in [4.78, 5) is 11.3. The molecule has 0 atom stereocenters. The van der Waals surface area contributed by atoms with E-state index >= 15 is 0 Å². The molecule has 74 valence electrons. The van der Waals surface area contributed by atoms with Gasteiger partial charge < -0.3 is 0 Å². The van der Waals surface area contributed by atoms with E-state index in [1.807, 2.05) is 18.2 Å². The molecule has 14 heavy (non-hydrogen) atoms. The van der Waals surface area contributed by atoms with E-state index in [0.29, 0.717) is 0 Å². The number of pyridine rings is 1. The van der Waals surface area contributed by atoms with Crippen molar-refractivity contribution in [1.82, 2.24) is 15.0 Å². The van der Waals surface area contributed by atoms with Gasteiger partial charge in [-0.3, -0.25) is 9.97 Å². The maximum Gasteiger partial charge on any atom is 0.106 e. The molecule has 5 heteroatoms. The van der Waals surface area contributed by atoms with Crippen LogP contribution in [-0.4, -0.2) is 15.0 Å². The molecule has 0 N–H and O–H groups in total. The smallest absolute Gasteiger partial charge is 0.106 e. The lowest BCUT2D eigenvalue weighted by atomic mass is 10.5. The third-order valence-electron chi connectivity index (χ3n) is 1.11. The molecule has 0 unspecified atom stereocenters. The minimum Gasteiger partial charge on any atom is -0.262 e. The van der Waals surface area contributed by atoms with E-state index in [2.05, 4.69) is 30.9 Å².